The second kappa shape index (κ2) is 10.0. The molecule has 0 saturated heterocycles. The molecule has 0 aliphatic rings. The van der Waals surface area contributed by atoms with E-state index in [0.717, 1.165) is 6.07 Å². The molecule has 0 radical (unpaired) electrons. The molecular formula is C21H26ClF6NO2Si. The van der Waals surface area contributed by atoms with Gasteiger partial charge in [0.05, 0.1) is 7.11 Å². The van der Waals surface area contributed by atoms with E-state index >= 15 is 0 Å². The van der Waals surface area contributed by atoms with Crippen molar-refractivity contribution in [1.29, 1.82) is 0 Å². The molecule has 2 atom stereocenters. The number of hydrogen-bond donors (Lipinski definition) is 1. The Labute approximate surface area is 189 Å². The molecule has 2 unspecified atom stereocenters. The Hall–Kier alpha value is -1.78. The number of nitrogens with zero attached hydrogens (tertiary/aromatic N) is 1. The fraction of sp³-hybridized carbons (Fsp3) is 0.476. The van der Waals surface area contributed by atoms with Gasteiger partial charge in [-0.05, 0) is 42.3 Å². The minimum Gasteiger partial charge on any atom is -0.497 e. The lowest BCUT2D eigenvalue weighted by atomic mass is 9.78. The maximum Gasteiger partial charge on any atom is 0.422 e. The molecule has 0 fully saturated rings. The van der Waals surface area contributed by atoms with Crippen molar-refractivity contribution in [2.45, 2.75) is 57.0 Å². The Morgan fingerprint density at radius 3 is 1.94 bits per heavy atom. The minimum atomic E-state index is -4.90. The number of aryl methyl sites for hydroxylation is 1. The molecule has 1 aromatic heterocycles. The fourth-order valence-corrected chi connectivity index (χ4v) is 2.99. The average molecular weight is 502 g/mol. The first-order chi connectivity index (χ1) is 14.4. The van der Waals surface area contributed by atoms with Gasteiger partial charge in [-0.2, -0.15) is 26.3 Å². The summed E-state index contributed by atoms with van der Waals surface area (Å²) in [5.41, 5.74) is -2.82. The molecule has 180 valence electrons. The molecule has 1 heterocycles. The third kappa shape index (κ3) is 6.38. The maximum atomic E-state index is 13.8. The molecule has 2 aromatic rings. The van der Waals surface area contributed by atoms with Gasteiger partial charge in [0.1, 0.15) is 5.75 Å². The molecule has 0 aliphatic carbocycles. The number of methoxy groups -OCH3 is 1. The van der Waals surface area contributed by atoms with Crippen LogP contribution < -0.4 is 4.74 Å². The van der Waals surface area contributed by atoms with Crippen LogP contribution >= 0.6 is 11.6 Å². The number of benzene rings is 1. The third-order valence-corrected chi connectivity index (χ3v) is 6.95. The van der Waals surface area contributed by atoms with Crippen LogP contribution in [0.4, 0.5) is 26.3 Å². The van der Waals surface area contributed by atoms with E-state index in [0.29, 0.717) is 11.4 Å². The van der Waals surface area contributed by atoms with Crippen LogP contribution in [-0.2, 0) is 5.60 Å². The number of alkyl halides is 6. The highest BCUT2D eigenvalue weighted by molar-refractivity contribution is 6.77. The van der Waals surface area contributed by atoms with Gasteiger partial charge in [-0.15, -0.1) is 0 Å². The normalized spacial score (nSPS) is 15.3. The number of aromatic nitrogens is 1. The predicted octanol–water partition coefficient (Wildman–Crippen LogP) is 7.03. The summed E-state index contributed by atoms with van der Waals surface area (Å²) in [7, 11) is -1.43. The van der Waals surface area contributed by atoms with Crippen molar-refractivity contribution in [2.24, 2.45) is 0 Å². The Kier molecular flexibility index (Phi) is 8.83. The lowest BCUT2D eigenvalue weighted by Crippen LogP contribution is -2.46. The first-order valence-electron chi connectivity index (χ1n) is 9.48. The molecule has 0 amide bonds. The van der Waals surface area contributed by atoms with Crippen molar-refractivity contribution in [3.8, 4) is 5.75 Å². The topological polar surface area (TPSA) is 42.4 Å². The van der Waals surface area contributed by atoms with Crippen molar-refractivity contribution in [3.63, 3.8) is 0 Å². The van der Waals surface area contributed by atoms with E-state index < -0.39 is 31.6 Å². The Balaban J connectivity index is 0.000000547. The Bertz CT molecular complexity index is 902. The third-order valence-electron chi connectivity index (χ3n) is 4.92. The molecule has 2 rings (SSSR count). The number of aliphatic hydroxyl groups is 1. The SMILES string of the molecule is COc1ccc(C(C)C(O)(c2ccnc(C)c2)C(F)(F)F)c(Cl)c1.C[Si](C)(C)C(F)(F)F. The molecule has 1 N–H and O–H groups in total. The van der Waals surface area contributed by atoms with Crippen LogP contribution in [0.15, 0.2) is 36.5 Å². The molecule has 1 aromatic carbocycles. The van der Waals surface area contributed by atoms with Crippen molar-refractivity contribution in [3.05, 3.63) is 58.4 Å². The molecule has 0 bridgehead atoms. The van der Waals surface area contributed by atoms with Crippen molar-refractivity contribution < 1.29 is 36.2 Å². The first kappa shape index (κ1) is 28.2. The van der Waals surface area contributed by atoms with Gasteiger partial charge in [-0.1, -0.05) is 44.2 Å². The van der Waals surface area contributed by atoms with E-state index in [-0.39, 0.29) is 16.1 Å². The zero-order chi connectivity index (χ0) is 25.1. The summed E-state index contributed by atoms with van der Waals surface area (Å²) in [5.74, 6) is -4.84. The molecule has 0 aliphatic heterocycles. The summed E-state index contributed by atoms with van der Waals surface area (Å²) < 4.78 is 81.3. The summed E-state index contributed by atoms with van der Waals surface area (Å²) in [6.45, 7) is 6.70. The van der Waals surface area contributed by atoms with E-state index in [2.05, 4.69) is 4.98 Å². The van der Waals surface area contributed by atoms with Gasteiger partial charge < -0.3 is 9.84 Å². The molecular weight excluding hydrogens is 476 g/mol. The zero-order valence-electron chi connectivity index (χ0n) is 18.5. The quantitative estimate of drug-likeness (QED) is 0.361. The first-order valence-corrected chi connectivity index (χ1v) is 13.4. The van der Waals surface area contributed by atoms with E-state index in [1.165, 1.54) is 64.1 Å². The summed E-state index contributed by atoms with van der Waals surface area (Å²) in [6, 6.07) is 6.74. The minimum absolute atomic E-state index is 0.0929. The Morgan fingerprint density at radius 2 is 1.56 bits per heavy atom. The number of halogens is 7. The van der Waals surface area contributed by atoms with E-state index in [1.54, 1.807) is 6.92 Å². The van der Waals surface area contributed by atoms with Gasteiger partial charge in [0.15, 0.2) is 13.7 Å². The van der Waals surface area contributed by atoms with E-state index in [9.17, 15) is 31.4 Å². The van der Waals surface area contributed by atoms with E-state index in [4.69, 9.17) is 16.3 Å². The maximum absolute atomic E-state index is 13.8. The predicted molar refractivity (Wildman–Crippen MR) is 115 cm³/mol. The summed E-state index contributed by atoms with van der Waals surface area (Å²) in [4.78, 5) is 3.89. The Morgan fingerprint density at radius 1 is 1.03 bits per heavy atom. The standard InChI is InChI=1S/C17H17ClF3NO2.C4H9F3Si/c1-10-8-12(6-7-22-10)16(23,17(19,20)21)11(2)14-5-4-13(24-3)9-15(14)18;1-8(2,3)4(5,6)7/h4-9,11,23H,1-3H3;1-3H3. The fourth-order valence-electron chi connectivity index (χ4n) is 2.65. The van der Waals surface area contributed by atoms with Crippen molar-refractivity contribution >= 4 is 19.7 Å². The van der Waals surface area contributed by atoms with Crippen LogP contribution in [0.5, 0.6) is 5.75 Å². The van der Waals surface area contributed by atoms with Gasteiger partial charge in [0.25, 0.3) is 0 Å². The number of hydrogen-bond acceptors (Lipinski definition) is 3. The van der Waals surface area contributed by atoms with Gasteiger partial charge in [-0.25, -0.2) is 0 Å². The highest BCUT2D eigenvalue weighted by Crippen LogP contribution is 2.50. The van der Waals surface area contributed by atoms with Crippen LogP contribution in [0.2, 0.25) is 24.7 Å². The number of pyridine rings is 1. The van der Waals surface area contributed by atoms with Crippen LogP contribution in [0.3, 0.4) is 0 Å². The number of ether oxygens (including phenoxy) is 1. The highest BCUT2D eigenvalue weighted by atomic mass is 35.5. The second-order valence-corrected chi connectivity index (χ2v) is 13.8. The monoisotopic (exact) mass is 501 g/mol. The van der Waals surface area contributed by atoms with Crippen LogP contribution in [0.1, 0.15) is 29.7 Å². The molecule has 11 heteroatoms. The van der Waals surface area contributed by atoms with Gasteiger partial charge >= 0.3 is 12.0 Å². The molecule has 0 spiro atoms. The summed E-state index contributed by atoms with van der Waals surface area (Å²) in [6.07, 6.45) is -3.66. The van der Waals surface area contributed by atoms with Crippen LogP contribution in [0.25, 0.3) is 0 Å². The average Bonchev–Trinajstić information content (AvgIpc) is 2.64. The lowest BCUT2D eigenvalue weighted by molar-refractivity contribution is -0.274. The van der Waals surface area contributed by atoms with Crippen LogP contribution in [0, 0.1) is 6.92 Å². The van der Waals surface area contributed by atoms with Crippen LogP contribution in [-0.4, -0.2) is 37.3 Å². The second-order valence-electron chi connectivity index (χ2n) is 8.31. The summed E-state index contributed by atoms with van der Waals surface area (Å²) >= 11 is 6.11. The smallest absolute Gasteiger partial charge is 0.422 e. The molecule has 32 heavy (non-hydrogen) atoms. The highest BCUT2D eigenvalue weighted by Gasteiger charge is 2.59. The van der Waals surface area contributed by atoms with Gasteiger partial charge in [0.2, 0.25) is 0 Å². The molecule has 3 nitrogen and oxygen atoms in total. The van der Waals surface area contributed by atoms with Crippen molar-refractivity contribution in [1.82, 2.24) is 4.98 Å². The summed E-state index contributed by atoms with van der Waals surface area (Å²) in [5, 5.41) is 10.8. The van der Waals surface area contributed by atoms with Gasteiger partial charge in [-0.3, -0.25) is 4.98 Å². The largest absolute Gasteiger partial charge is 0.497 e. The molecule has 0 saturated carbocycles. The van der Waals surface area contributed by atoms with Gasteiger partial charge in [0, 0.05) is 22.8 Å². The number of rotatable bonds is 4. The lowest BCUT2D eigenvalue weighted by Gasteiger charge is -2.37. The zero-order valence-corrected chi connectivity index (χ0v) is 20.2. The van der Waals surface area contributed by atoms with E-state index in [1.807, 2.05) is 0 Å². The van der Waals surface area contributed by atoms with Crippen molar-refractivity contribution in [2.75, 3.05) is 7.11 Å².